The second-order valence-electron chi connectivity index (χ2n) is 5.89. The minimum Gasteiger partial charge on any atom is -0.319 e. The van der Waals surface area contributed by atoms with Gasteiger partial charge in [0.1, 0.15) is 5.69 Å². The van der Waals surface area contributed by atoms with E-state index in [1.807, 2.05) is 19.3 Å². The van der Waals surface area contributed by atoms with Crippen LogP contribution in [0.2, 0.25) is 0 Å². The number of pyridine rings is 1. The topological polar surface area (TPSA) is 50.7 Å². The van der Waals surface area contributed by atoms with E-state index in [1.165, 1.54) is 17.7 Å². The van der Waals surface area contributed by atoms with E-state index in [-0.39, 0.29) is 0 Å². The third-order valence-corrected chi connectivity index (χ3v) is 4.30. The third-order valence-electron chi connectivity index (χ3n) is 4.30. The molecular weight excluding hydrogens is 260 g/mol. The Balaban J connectivity index is 1.98. The van der Waals surface area contributed by atoms with Gasteiger partial charge in [-0.05, 0) is 69.8 Å². The van der Waals surface area contributed by atoms with Gasteiger partial charge in [0.2, 0.25) is 0 Å². The quantitative estimate of drug-likeness (QED) is 0.939. The molecule has 0 aliphatic heterocycles. The third kappa shape index (κ3) is 2.81. The molecule has 1 aliphatic carbocycles. The maximum Gasteiger partial charge on any atom is 0.178 e. The van der Waals surface area contributed by atoms with E-state index in [1.54, 1.807) is 0 Å². The van der Waals surface area contributed by atoms with Crippen molar-refractivity contribution in [3.05, 3.63) is 40.8 Å². The Bertz CT molecular complexity index is 651. The number of aryl methyl sites for hydroxylation is 3. The minimum atomic E-state index is 0.701. The Morgan fingerprint density at radius 2 is 2.14 bits per heavy atom. The molecule has 1 atom stereocenters. The van der Waals surface area contributed by atoms with Crippen molar-refractivity contribution in [1.29, 1.82) is 0 Å². The molecule has 0 fully saturated rings. The SMILES string of the molecule is CNCC1CCc2nc(-c3ncccc3C)nc(C)c2C1. The molecule has 4 heteroatoms. The lowest BCUT2D eigenvalue weighted by atomic mass is 9.85. The van der Waals surface area contributed by atoms with Gasteiger partial charge in [-0.15, -0.1) is 0 Å². The van der Waals surface area contributed by atoms with Gasteiger partial charge in [0.15, 0.2) is 5.82 Å². The number of aromatic nitrogens is 3. The van der Waals surface area contributed by atoms with Gasteiger partial charge in [-0.25, -0.2) is 9.97 Å². The van der Waals surface area contributed by atoms with E-state index in [2.05, 4.69) is 30.2 Å². The largest absolute Gasteiger partial charge is 0.319 e. The predicted molar refractivity (Wildman–Crippen MR) is 84.2 cm³/mol. The van der Waals surface area contributed by atoms with Gasteiger partial charge in [-0.1, -0.05) is 6.07 Å². The Morgan fingerprint density at radius 1 is 1.29 bits per heavy atom. The molecule has 0 aromatic carbocycles. The summed E-state index contributed by atoms with van der Waals surface area (Å²) in [4.78, 5) is 14.0. The number of hydrogen-bond acceptors (Lipinski definition) is 4. The molecular formula is C17H22N4. The lowest BCUT2D eigenvalue weighted by molar-refractivity contribution is 0.433. The standard InChI is InChI=1S/C17H22N4/c1-11-5-4-8-19-16(11)17-20-12(2)14-9-13(10-18-3)6-7-15(14)21-17/h4-5,8,13,18H,6-7,9-10H2,1-3H3. The van der Waals surface area contributed by atoms with Crippen LogP contribution in [-0.2, 0) is 12.8 Å². The van der Waals surface area contributed by atoms with Gasteiger partial charge >= 0.3 is 0 Å². The molecule has 2 aromatic heterocycles. The van der Waals surface area contributed by atoms with Crippen LogP contribution in [0.4, 0.5) is 0 Å². The van der Waals surface area contributed by atoms with Crippen molar-refractivity contribution in [1.82, 2.24) is 20.3 Å². The summed E-state index contributed by atoms with van der Waals surface area (Å²) in [7, 11) is 2.02. The van der Waals surface area contributed by atoms with E-state index >= 15 is 0 Å². The average Bonchev–Trinajstić information content (AvgIpc) is 2.48. The number of rotatable bonds is 3. The van der Waals surface area contributed by atoms with Crippen LogP contribution in [0.1, 0.15) is 28.9 Å². The van der Waals surface area contributed by atoms with Gasteiger partial charge in [0.05, 0.1) is 0 Å². The summed E-state index contributed by atoms with van der Waals surface area (Å²) in [5.74, 6) is 1.48. The van der Waals surface area contributed by atoms with Crippen molar-refractivity contribution in [3.8, 4) is 11.5 Å². The summed E-state index contributed by atoms with van der Waals surface area (Å²) in [6.07, 6.45) is 5.14. The lowest BCUT2D eigenvalue weighted by Crippen LogP contribution is -2.26. The van der Waals surface area contributed by atoms with Gasteiger partial charge in [-0.3, -0.25) is 4.98 Å². The van der Waals surface area contributed by atoms with Gasteiger partial charge in [-0.2, -0.15) is 0 Å². The number of nitrogens with zero attached hydrogens (tertiary/aromatic N) is 3. The highest BCUT2D eigenvalue weighted by atomic mass is 14.9. The van der Waals surface area contributed by atoms with Gasteiger partial charge < -0.3 is 5.32 Å². The Hall–Kier alpha value is -1.81. The molecule has 3 rings (SSSR count). The van der Waals surface area contributed by atoms with Crippen molar-refractivity contribution < 1.29 is 0 Å². The average molecular weight is 282 g/mol. The molecule has 0 amide bonds. The molecule has 1 unspecified atom stereocenters. The lowest BCUT2D eigenvalue weighted by Gasteiger charge is -2.25. The van der Waals surface area contributed by atoms with Crippen LogP contribution in [0.25, 0.3) is 11.5 Å². The first-order valence-electron chi connectivity index (χ1n) is 7.62. The highest BCUT2D eigenvalue weighted by Crippen LogP contribution is 2.28. The van der Waals surface area contributed by atoms with Crippen molar-refractivity contribution in [2.75, 3.05) is 13.6 Å². The molecule has 0 spiro atoms. The summed E-state index contributed by atoms with van der Waals surface area (Å²) in [5.41, 5.74) is 5.70. The van der Waals surface area contributed by atoms with E-state index in [9.17, 15) is 0 Å². The predicted octanol–water partition coefficient (Wildman–Crippen LogP) is 2.48. The molecule has 4 nitrogen and oxygen atoms in total. The van der Waals surface area contributed by atoms with Gasteiger partial charge in [0, 0.05) is 17.6 Å². The van der Waals surface area contributed by atoms with E-state index in [4.69, 9.17) is 9.97 Å². The highest BCUT2D eigenvalue weighted by Gasteiger charge is 2.23. The van der Waals surface area contributed by atoms with Crippen molar-refractivity contribution in [3.63, 3.8) is 0 Å². The summed E-state index contributed by atoms with van der Waals surface area (Å²) >= 11 is 0. The fourth-order valence-corrected chi connectivity index (χ4v) is 3.15. The van der Waals surface area contributed by atoms with Crippen LogP contribution in [0.5, 0.6) is 0 Å². The maximum atomic E-state index is 4.81. The zero-order valence-corrected chi connectivity index (χ0v) is 13.0. The fraction of sp³-hybridized carbons (Fsp3) is 0.471. The van der Waals surface area contributed by atoms with Crippen LogP contribution < -0.4 is 5.32 Å². The molecule has 21 heavy (non-hydrogen) atoms. The Labute approximate surface area is 126 Å². The van der Waals surface area contributed by atoms with Crippen molar-refractivity contribution in [2.24, 2.45) is 5.92 Å². The summed E-state index contributed by atoms with van der Waals surface area (Å²) < 4.78 is 0. The second-order valence-corrected chi connectivity index (χ2v) is 5.89. The van der Waals surface area contributed by atoms with Crippen molar-refractivity contribution in [2.45, 2.75) is 33.1 Å². The normalized spacial score (nSPS) is 17.6. The first kappa shape index (κ1) is 14.1. The minimum absolute atomic E-state index is 0.701. The first-order chi connectivity index (χ1) is 10.2. The molecule has 2 heterocycles. The summed E-state index contributed by atoms with van der Waals surface area (Å²) in [6.45, 7) is 5.23. The zero-order chi connectivity index (χ0) is 14.8. The monoisotopic (exact) mass is 282 g/mol. The summed E-state index contributed by atoms with van der Waals surface area (Å²) in [5, 5.41) is 3.28. The van der Waals surface area contributed by atoms with E-state index in [0.717, 1.165) is 42.2 Å². The molecule has 0 saturated heterocycles. The Morgan fingerprint density at radius 3 is 2.90 bits per heavy atom. The molecule has 1 aliphatic rings. The molecule has 0 saturated carbocycles. The fourth-order valence-electron chi connectivity index (χ4n) is 3.15. The molecule has 1 N–H and O–H groups in total. The van der Waals surface area contributed by atoms with Crippen LogP contribution >= 0.6 is 0 Å². The van der Waals surface area contributed by atoms with Crippen LogP contribution in [-0.4, -0.2) is 28.5 Å². The van der Waals surface area contributed by atoms with E-state index < -0.39 is 0 Å². The zero-order valence-electron chi connectivity index (χ0n) is 13.0. The van der Waals surface area contributed by atoms with Crippen LogP contribution in [0.3, 0.4) is 0 Å². The molecule has 0 radical (unpaired) electrons. The smallest absolute Gasteiger partial charge is 0.178 e. The molecule has 0 bridgehead atoms. The highest BCUT2D eigenvalue weighted by molar-refractivity contribution is 5.55. The number of nitrogens with one attached hydrogen (secondary N) is 1. The number of hydrogen-bond donors (Lipinski definition) is 1. The Kier molecular flexibility index (Phi) is 3.97. The molecule has 2 aromatic rings. The van der Waals surface area contributed by atoms with Gasteiger partial charge in [0.25, 0.3) is 0 Å². The van der Waals surface area contributed by atoms with E-state index in [0.29, 0.717) is 5.92 Å². The molecule has 110 valence electrons. The first-order valence-corrected chi connectivity index (χ1v) is 7.62. The number of fused-ring (bicyclic) bond motifs is 1. The van der Waals surface area contributed by atoms with Crippen LogP contribution in [0.15, 0.2) is 18.3 Å². The second kappa shape index (κ2) is 5.90. The van der Waals surface area contributed by atoms with Crippen LogP contribution in [0, 0.1) is 19.8 Å². The maximum absolute atomic E-state index is 4.81. The summed E-state index contributed by atoms with van der Waals surface area (Å²) in [6, 6.07) is 4.01. The van der Waals surface area contributed by atoms with Crippen molar-refractivity contribution >= 4 is 0 Å².